The smallest absolute Gasteiger partial charge is 0.308 e. The van der Waals surface area contributed by atoms with Crippen LogP contribution in [-0.2, 0) is 11.3 Å². The quantitative estimate of drug-likeness (QED) is 0.941. The molecular formula is C16H18ClN3O2. The van der Waals surface area contributed by atoms with Gasteiger partial charge < -0.3 is 5.11 Å². The number of halogens is 1. The zero-order valence-electron chi connectivity index (χ0n) is 12.3. The summed E-state index contributed by atoms with van der Waals surface area (Å²) >= 11 is 5.89. The van der Waals surface area contributed by atoms with Crippen molar-refractivity contribution in [2.24, 2.45) is 11.8 Å². The van der Waals surface area contributed by atoms with E-state index in [-0.39, 0.29) is 11.8 Å². The van der Waals surface area contributed by atoms with Crippen LogP contribution in [0.3, 0.4) is 0 Å². The molecular weight excluding hydrogens is 302 g/mol. The van der Waals surface area contributed by atoms with Gasteiger partial charge in [0.2, 0.25) is 0 Å². The lowest BCUT2D eigenvalue weighted by Crippen LogP contribution is -2.23. The van der Waals surface area contributed by atoms with E-state index in [1.165, 1.54) is 0 Å². The second-order valence-corrected chi connectivity index (χ2v) is 6.28. The number of carbonyl (C=O) groups is 1. The van der Waals surface area contributed by atoms with Crippen molar-refractivity contribution in [3.63, 3.8) is 0 Å². The minimum Gasteiger partial charge on any atom is -0.481 e. The van der Waals surface area contributed by atoms with E-state index in [0.29, 0.717) is 18.1 Å². The molecule has 1 saturated heterocycles. The largest absolute Gasteiger partial charge is 0.481 e. The van der Waals surface area contributed by atoms with Crippen LogP contribution < -0.4 is 0 Å². The Kier molecular flexibility index (Phi) is 4.18. The highest BCUT2D eigenvalue weighted by atomic mass is 35.5. The van der Waals surface area contributed by atoms with Gasteiger partial charge in [-0.3, -0.25) is 9.69 Å². The fourth-order valence-electron chi connectivity index (χ4n) is 2.93. The van der Waals surface area contributed by atoms with Gasteiger partial charge in [0.25, 0.3) is 0 Å². The molecule has 2 aromatic rings. The predicted octanol–water partition coefficient (Wildman–Crippen LogP) is 2.68. The molecule has 0 bridgehead atoms. The highest BCUT2D eigenvalue weighted by molar-refractivity contribution is 6.30. The van der Waals surface area contributed by atoms with Gasteiger partial charge in [-0.2, -0.15) is 5.10 Å². The Morgan fingerprint density at radius 2 is 2.05 bits per heavy atom. The molecule has 3 rings (SSSR count). The lowest BCUT2D eigenvalue weighted by atomic mass is 9.99. The van der Waals surface area contributed by atoms with Crippen molar-refractivity contribution in [1.29, 1.82) is 0 Å². The van der Waals surface area contributed by atoms with Gasteiger partial charge in [0.05, 0.1) is 17.3 Å². The van der Waals surface area contributed by atoms with Gasteiger partial charge in [0, 0.05) is 30.9 Å². The second-order valence-electron chi connectivity index (χ2n) is 5.84. The van der Waals surface area contributed by atoms with Gasteiger partial charge >= 0.3 is 5.97 Å². The SMILES string of the molecule is C[C@@H]1CN(Cc2ccn(-c3ccc(Cl)cc3)n2)C[C@H]1C(=O)O. The summed E-state index contributed by atoms with van der Waals surface area (Å²) in [5.74, 6) is -0.809. The summed E-state index contributed by atoms with van der Waals surface area (Å²) in [6, 6.07) is 9.46. The normalized spacial score (nSPS) is 22.1. The van der Waals surface area contributed by atoms with E-state index in [4.69, 9.17) is 11.6 Å². The zero-order valence-corrected chi connectivity index (χ0v) is 13.1. The number of carboxylic acid groups (broad SMARTS) is 1. The molecule has 0 radical (unpaired) electrons. The molecule has 1 fully saturated rings. The highest BCUT2D eigenvalue weighted by Crippen LogP contribution is 2.24. The van der Waals surface area contributed by atoms with E-state index >= 15 is 0 Å². The Labute approximate surface area is 134 Å². The molecule has 1 aromatic carbocycles. The zero-order chi connectivity index (χ0) is 15.7. The molecule has 2 atom stereocenters. The molecule has 1 aliphatic rings. The van der Waals surface area contributed by atoms with Crippen LogP contribution in [-0.4, -0.2) is 38.8 Å². The summed E-state index contributed by atoms with van der Waals surface area (Å²) in [4.78, 5) is 13.3. The van der Waals surface area contributed by atoms with Gasteiger partial charge in [-0.05, 0) is 36.2 Å². The van der Waals surface area contributed by atoms with Crippen LogP contribution in [0.1, 0.15) is 12.6 Å². The van der Waals surface area contributed by atoms with Crippen LogP contribution in [0.2, 0.25) is 5.02 Å². The molecule has 0 saturated carbocycles. The van der Waals surface area contributed by atoms with Gasteiger partial charge in [0.1, 0.15) is 0 Å². The van der Waals surface area contributed by atoms with Crippen molar-refractivity contribution in [2.45, 2.75) is 13.5 Å². The topological polar surface area (TPSA) is 58.4 Å². The van der Waals surface area contributed by atoms with Gasteiger partial charge in [-0.1, -0.05) is 18.5 Å². The summed E-state index contributed by atoms with van der Waals surface area (Å²) in [5.41, 5.74) is 1.89. The molecule has 1 aliphatic heterocycles. The van der Waals surface area contributed by atoms with Gasteiger partial charge in [-0.15, -0.1) is 0 Å². The van der Waals surface area contributed by atoms with E-state index in [9.17, 15) is 9.90 Å². The van der Waals surface area contributed by atoms with Crippen LogP contribution in [0.15, 0.2) is 36.5 Å². The number of aromatic nitrogens is 2. The molecule has 5 nitrogen and oxygen atoms in total. The Balaban J connectivity index is 1.68. The number of likely N-dealkylation sites (tertiary alicyclic amines) is 1. The van der Waals surface area contributed by atoms with Crippen molar-refractivity contribution in [3.8, 4) is 5.69 Å². The monoisotopic (exact) mass is 319 g/mol. The predicted molar refractivity (Wildman–Crippen MR) is 84.1 cm³/mol. The molecule has 22 heavy (non-hydrogen) atoms. The fraction of sp³-hybridized carbons (Fsp3) is 0.375. The van der Waals surface area contributed by atoms with E-state index in [1.807, 2.05) is 43.5 Å². The van der Waals surface area contributed by atoms with Crippen molar-refractivity contribution >= 4 is 17.6 Å². The number of aliphatic carboxylic acids is 1. The summed E-state index contributed by atoms with van der Waals surface area (Å²) in [6.07, 6.45) is 1.91. The Morgan fingerprint density at radius 3 is 2.68 bits per heavy atom. The summed E-state index contributed by atoms with van der Waals surface area (Å²) < 4.78 is 1.81. The number of nitrogens with zero attached hydrogens (tertiary/aromatic N) is 3. The van der Waals surface area contributed by atoms with Crippen molar-refractivity contribution < 1.29 is 9.90 Å². The maximum Gasteiger partial charge on any atom is 0.308 e. The minimum atomic E-state index is -0.707. The van der Waals surface area contributed by atoms with Gasteiger partial charge in [0.15, 0.2) is 0 Å². The lowest BCUT2D eigenvalue weighted by Gasteiger charge is -2.13. The minimum absolute atomic E-state index is 0.177. The number of benzene rings is 1. The van der Waals surface area contributed by atoms with E-state index in [1.54, 1.807) is 4.68 Å². The molecule has 2 heterocycles. The van der Waals surface area contributed by atoms with Crippen molar-refractivity contribution in [1.82, 2.24) is 14.7 Å². The third-order valence-corrected chi connectivity index (χ3v) is 4.38. The molecule has 0 amide bonds. The van der Waals surface area contributed by atoms with E-state index in [0.717, 1.165) is 17.9 Å². The Morgan fingerprint density at radius 1 is 1.32 bits per heavy atom. The summed E-state index contributed by atoms with van der Waals surface area (Å²) in [5, 5.41) is 14.4. The molecule has 0 aliphatic carbocycles. The maximum atomic E-state index is 11.2. The first-order chi connectivity index (χ1) is 10.5. The van der Waals surface area contributed by atoms with Crippen LogP contribution >= 0.6 is 11.6 Å². The standard InChI is InChI=1S/C16H18ClN3O2/c1-11-8-19(10-15(11)16(21)22)9-13-6-7-20(18-13)14-4-2-12(17)3-5-14/h2-7,11,15H,8-10H2,1H3,(H,21,22)/t11-,15-/m1/s1. The van der Waals surface area contributed by atoms with Crippen LogP contribution in [0.4, 0.5) is 0 Å². The number of carboxylic acids is 1. The van der Waals surface area contributed by atoms with E-state index in [2.05, 4.69) is 10.00 Å². The van der Waals surface area contributed by atoms with Crippen molar-refractivity contribution in [2.75, 3.05) is 13.1 Å². The summed E-state index contributed by atoms with van der Waals surface area (Å²) in [7, 11) is 0. The van der Waals surface area contributed by atoms with Gasteiger partial charge in [-0.25, -0.2) is 4.68 Å². The van der Waals surface area contributed by atoms with E-state index < -0.39 is 5.97 Å². The Hall–Kier alpha value is -1.85. The molecule has 116 valence electrons. The second kappa shape index (κ2) is 6.10. The summed E-state index contributed by atoms with van der Waals surface area (Å²) in [6.45, 7) is 4.05. The number of rotatable bonds is 4. The molecule has 1 N–H and O–H groups in total. The van der Waals surface area contributed by atoms with Crippen LogP contribution in [0, 0.1) is 11.8 Å². The molecule has 0 unspecified atom stereocenters. The third kappa shape index (κ3) is 3.15. The molecule has 6 heteroatoms. The first-order valence-electron chi connectivity index (χ1n) is 7.28. The van der Waals surface area contributed by atoms with Crippen LogP contribution in [0.5, 0.6) is 0 Å². The maximum absolute atomic E-state index is 11.2. The lowest BCUT2D eigenvalue weighted by molar-refractivity contribution is -0.142. The first-order valence-corrected chi connectivity index (χ1v) is 7.66. The fourth-order valence-corrected chi connectivity index (χ4v) is 3.06. The first kappa shape index (κ1) is 15.1. The Bertz CT molecular complexity index is 668. The highest BCUT2D eigenvalue weighted by Gasteiger charge is 2.34. The average molecular weight is 320 g/mol. The third-order valence-electron chi connectivity index (χ3n) is 4.13. The number of hydrogen-bond acceptors (Lipinski definition) is 3. The average Bonchev–Trinajstić information content (AvgIpc) is 3.07. The van der Waals surface area contributed by atoms with Crippen molar-refractivity contribution in [3.05, 3.63) is 47.2 Å². The number of hydrogen-bond donors (Lipinski definition) is 1. The molecule has 1 aromatic heterocycles. The molecule has 0 spiro atoms. The van der Waals surface area contributed by atoms with Crippen LogP contribution in [0.25, 0.3) is 5.69 Å².